The molecule has 2 fully saturated rings. The minimum Gasteiger partial charge on any atom is -0.444 e. The molecule has 2 saturated heterocycles. The molecule has 0 bridgehead atoms. The Morgan fingerprint density at radius 1 is 1.03 bits per heavy atom. The molecule has 1 amide bonds. The van der Waals surface area contributed by atoms with Gasteiger partial charge >= 0.3 is 6.09 Å². The van der Waals surface area contributed by atoms with E-state index in [2.05, 4.69) is 27.2 Å². The van der Waals surface area contributed by atoms with Gasteiger partial charge in [-0.1, -0.05) is 6.07 Å². The third-order valence-electron chi connectivity index (χ3n) is 5.63. The second-order valence-corrected chi connectivity index (χ2v) is 9.37. The molecule has 1 spiro atoms. The molecular formula is C21H26N6O2. The Hall–Kier alpha value is -3.03. The minimum absolute atomic E-state index is 0.195. The van der Waals surface area contributed by atoms with E-state index in [0.29, 0.717) is 0 Å². The quantitative estimate of drug-likeness (QED) is 0.669. The molecule has 8 heteroatoms. The highest BCUT2D eigenvalue weighted by atomic mass is 16.6. The van der Waals surface area contributed by atoms with Crippen LogP contribution in [-0.2, 0) is 11.8 Å². The zero-order chi connectivity index (χ0) is 20.4. The molecule has 8 nitrogen and oxygen atoms in total. The number of hydrogen-bond donors (Lipinski definition) is 0. The van der Waals surface area contributed by atoms with Crippen LogP contribution in [0.25, 0.3) is 16.6 Å². The van der Waals surface area contributed by atoms with E-state index in [1.54, 1.807) is 9.58 Å². The van der Waals surface area contributed by atoms with Crippen molar-refractivity contribution in [1.82, 2.24) is 24.3 Å². The van der Waals surface area contributed by atoms with Gasteiger partial charge < -0.3 is 14.5 Å². The molecule has 2 aliphatic rings. The van der Waals surface area contributed by atoms with E-state index >= 15 is 0 Å². The first-order valence-electron chi connectivity index (χ1n) is 9.91. The molecule has 0 radical (unpaired) electrons. The van der Waals surface area contributed by atoms with Crippen molar-refractivity contribution in [1.29, 1.82) is 0 Å². The number of carbonyl (C=O) groups is 1. The number of pyridine rings is 1. The molecule has 0 aliphatic carbocycles. The van der Waals surface area contributed by atoms with E-state index in [1.807, 2.05) is 57.1 Å². The molecule has 2 aliphatic heterocycles. The fourth-order valence-corrected chi connectivity index (χ4v) is 4.31. The number of carbonyl (C=O) groups excluding carboxylic acids is 1. The Balaban J connectivity index is 1.25. The monoisotopic (exact) mass is 394 g/mol. The van der Waals surface area contributed by atoms with Crippen molar-refractivity contribution in [2.24, 2.45) is 12.5 Å². The lowest BCUT2D eigenvalue weighted by Gasteiger charge is -2.60. The number of likely N-dealkylation sites (tertiary alicyclic amines) is 1. The zero-order valence-electron chi connectivity index (χ0n) is 17.3. The Morgan fingerprint density at radius 2 is 1.79 bits per heavy atom. The molecule has 3 aromatic heterocycles. The maximum absolute atomic E-state index is 12.2. The highest BCUT2D eigenvalue weighted by Gasteiger charge is 2.54. The van der Waals surface area contributed by atoms with Crippen LogP contribution in [-0.4, -0.2) is 62.2 Å². The lowest BCUT2D eigenvalue weighted by atomic mass is 9.73. The molecule has 5 rings (SSSR count). The normalized spacial score (nSPS) is 18.1. The van der Waals surface area contributed by atoms with Crippen LogP contribution in [0.1, 0.15) is 20.8 Å². The van der Waals surface area contributed by atoms with Crippen LogP contribution in [0.15, 0.2) is 36.9 Å². The van der Waals surface area contributed by atoms with Crippen LogP contribution in [0.2, 0.25) is 0 Å². The molecule has 0 saturated carbocycles. The van der Waals surface area contributed by atoms with Crippen LogP contribution in [0.5, 0.6) is 0 Å². The molecule has 0 atom stereocenters. The summed E-state index contributed by atoms with van der Waals surface area (Å²) in [6.45, 7) is 9.12. The number of amides is 1. The van der Waals surface area contributed by atoms with Crippen molar-refractivity contribution in [3.8, 4) is 11.1 Å². The first-order chi connectivity index (χ1) is 13.7. The van der Waals surface area contributed by atoms with Crippen molar-refractivity contribution >= 4 is 17.3 Å². The maximum Gasteiger partial charge on any atom is 0.410 e. The van der Waals surface area contributed by atoms with Crippen LogP contribution in [0.3, 0.4) is 0 Å². The third kappa shape index (κ3) is 3.12. The van der Waals surface area contributed by atoms with Gasteiger partial charge in [0.05, 0.1) is 23.6 Å². The summed E-state index contributed by atoms with van der Waals surface area (Å²) in [6.07, 6.45) is 7.62. The van der Waals surface area contributed by atoms with Crippen molar-refractivity contribution in [2.75, 3.05) is 31.1 Å². The van der Waals surface area contributed by atoms with Crippen molar-refractivity contribution in [2.45, 2.75) is 26.4 Å². The molecule has 0 aromatic carbocycles. The molecule has 5 heterocycles. The van der Waals surface area contributed by atoms with Gasteiger partial charge in [-0.3, -0.25) is 4.68 Å². The number of hydrogen-bond acceptors (Lipinski definition) is 5. The van der Waals surface area contributed by atoms with E-state index < -0.39 is 5.60 Å². The second kappa shape index (κ2) is 5.98. The largest absolute Gasteiger partial charge is 0.444 e. The molecule has 0 N–H and O–H groups in total. The number of nitrogens with zero attached hydrogens (tertiary/aromatic N) is 6. The molecule has 0 unspecified atom stereocenters. The van der Waals surface area contributed by atoms with Gasteiger partial charge in [-0.25, -0.2) is 9.31 Å². The first kappa shape index (κ1) is 18.0. The summed E-state index contributed by atoms with van der Waals surface area (Å²) in [4.78, 5) is 16.3. The summed E-state index contributed by atoms with van der Waals surface area (Å²) in [7, 11) is 1.91. The van der Waals surface area contributed by atoms with Crippen LogP contribution < -0.4 is 4.90 Å². The summed E-state index contributed by atoms with van der Waals surface area (Å²) in [6, 6.07) is 4.23. The molecule has 152 valence electrons. The number of ether oxygens (including phenoxy) is 1. The Bertz CT molecular complexity index is 1080. The minimum atomic E-state index is -0.447. The van der Waals surface area contributed by atoms with E-state index in [-0.39, 0.29) is 11.5 Å². The average molecular weight is 394 g/mol. The number of fused-ring (bicyclic) bond motifs is 1. The average Bonchev–Trinajstić information content (AvgIpc) is 3.17. The van der Waals surface area contributed by atoms with Crippen LogP contribution in [0, 0.1) is 5.41 Å². The highest BCUT2D eigenvalue weighted by Crippen LogP contribution is 2.43. The summed E-state index contributed by atoms with van der Waals surface area (Å²) in [5.41, 5.74) is 4.15. The predicted molar refractivity (Wildman–Crippen MR) is 110 cm³/mol. The van der Waals surface area contributed by atoms with Gasteiger partial charge in [-0.05, 0) is 26.8 Å². The van der Waals surface area contributed by atoms with Gasteiger partial charge in [-0.15, -0.1) is 0 Å². The van der Waals surface area contributed by atoms with Gasteiger partial charge in [-0.2, -0.15) is 10.2 Å². The van der Waals surface area contributed by atoms with E-state index in [4.69, 9.17) is 4.74 Å². The number of anilines is 1. The van der Waals surface area contributed by atoms with E-state index in [1.165, 1.54) is 0 Å². The molecular weight excluding hydrogens is 368 g/mol. The summed E-state index contributed by atoms with van der Waals surface area (Å²) < 4.78 is 9.19. The fourth-order valence-electron chi connectivity index (χ4n) is 4.31. The summed E-state index contributed by atoms with van der Waals surface area (Å²) >= 11 is 0. The van der Waals surface area contributed by atoms with E-state index in [9.17, 15) is 4.79 Å². The Kier molecular flexibility index (Phi) is 3.72. The predicted octanol–water partition coefficient (Wildman–Crippen LogP) is 2.79. The number of rotatable bonds is 2. The first-order valence-corrected chi connectivity index (χ1v) is 9.91. The SMILES string of the molecule is Cn1cc(-c2ccc3c(N4CC5(CN(C(=O)OC(C)(C)C)C5)C4)cnn3c2)cn1. The lowest BCUT2D eigenvalue weighted by molar-refractivity contribution is -0.0452. The number of aromatic nitrogens is 4. The standard InChI is InChI=1S/C21H26N6O2/c1-20(2,3)29-19(28)26-13-21(14-26)11-25(12-21)18-8-23-27-10-15(5-6-17(18)27)16-7-22-24(4)9-16/h5-10H,11-14H2,1-4H3. The van der Waals surface area contributed by atoms with E-state index in [0.717, 1.165) is 48.5 Å². The van der Waals surface area contributed by atoms with Crippen LogP contribution in [0.4, 0.5) is 10.5 Å². The van der Waals surface area contributed by atoms with Crippen molar-refractivity contribution in [3.05, 3.63) is 36.9 Å². The molecule has 3 aromatic rings. The highest BCUT2D eigenvalue weighted by molar-refractivity contribution is 5.77. The topological polar surface area (TPSA) is 67.9 Å². The summed E-state index contributed by atoms with van der Waals surface area (Å²) in [5.74, 6) is 0. The Morgan fingerprint density at radius 3 is 2.45 bits per heavy atom. The smallest absolute Gasteiger partial charge is 0.410 e. The van der Waals surface area contributed by atoms with Crippen molar-refractivity contribution < 1.29 is 9.53 Å². The third-order valence-corrected chi connectivity index (χ3v) is 5.63. The second-order valence-electron chi connectivity index (χ2n) is 9.37. The van der Waals surface area contributed by atoms with Gasteiger partial charge in [0.25, 0.3) is 0 Å². The zero-order valence-corrected chi connectivity index (χ0v) is 17.3. The maximum atomic E-state index is 12.2. The van der Waals surface area contributed by atoms with Gasteiger partial charge in [0, 0.05) is 62.2 Å². The number of aryl methyl sites for hydroxylation is 1. The van der Waals surface area contributed by atoms with Crippen molar-refractivity contribution in [3.63, 3.8) is 0 Å². The van der Waals surface area contributed by atoms with Gasteiger partial charge in [0.2, 0.25) is 0 Å². The molecule has 29 heavy (non-hydrogen) atoms. The van der Waals surface area contributed by atoms with Gasteiger partial charge in [0.15, 0.2) is 0 Å². The fraction of sp³-hybridized carbons (Fsp3) is 0.476. The summed E-state index contributed by atoms with van der Waals surface area (Å²) in [5, 5.41) is 8.79. The Labute approximate surface area is 169 Å². The van der Waals surface area contributed by atoms with Gasteiger partial charge in [0.1, 0.15) is 5.60 Å². The van der Waals surface area contributed by atoms with Crippen LogP contribution >= 0.6 is 0 Å². The lowest BCUT2D eigenvalue weighted by Crippen LogP contribution is -2.73.